The molecule has 0 unspecified atom stereocenters. The van der Waals surface area contributed by atoms with Gasteiger partial charge in [-0.05, 0) is 43.7 Å². The molecule has 0 aliphatic carbocycles. The van der Waals surface area contributed by atoms with Gasteiger partial charge in [0.2, 0.25) is 0 Å². The molecule has 0 N–H and O–H groups in total. The number of benzene rings is 3. The van der Waals surface area contributed by atoms with Crippen LogP contribution in [-0.4, -0.2) is 22.1 Å². The first kappa shape index (κ1) is 29.0. The van der Waals surface area contributed by atoms with Gasteiger partial charge in [-0.25, -0.2) is 9.79 Å². The van der Waals surface area contributed by atoms with Crippen LogP contribution in [-0.2, 0) is 9.53 Å². The minimum Gasteiger partial charge on any atom is -0.463 e. The molecular weight excluding hydrogens is 602 g/mol. The van der Waals surface area contributed by atoms with Crippen LogP contribution in [0.5, 0.6) is 0 Å². The lowest BCUT2D eigenvalue weighted by molar-refractivity contribution is -0.385. The smallest absolute Gasteiger partial charge is 0.338 e. The SMILES string of the molecule is CCOC(=O)C1=C(c2ccccc2)N=c2s/c(=C/c3ccc(-c4cccc([N+](=O)[O-])c4C)o3)c(=O)n2[C@@H]1c1ccc(Cl)cc1. The number of thiazole rings is 1. The molecule has 0 saturated carbocycles. The van der Waals surface area contributed by atoms with Gasteiger partial charge in [-0.15, -0.1) is 0 Å². The van der Waals surface area contributed by atoms with Crippen molar-refractivity contribution in [1.29, 1.82) is 0 Å². The molecule has 3 heterocycles. The zero-order valence-corrected chi connectivity index (χ0v) is 25.1. The summed E-state index contributed by atoms with van der Waals surface area (Å²) < 4.78 is 13.3. The Kier molecular flexibility index (Phi) is 7.86. The highest BCUT2D eigenvalue weighted by molar-refractivity contribution is 7.07. The summed E-state index contributed by atoms with van der Waals surface area (Å²) in [6.45, 7) is 3.53. The number of carbonyl (C=O) groups excluding carboxylic acids is 1. The Balaban J connectivity index is 1.54. The number of hydrogen-bond donors (Lipinski definition) is 0. The van der Waals surface area contributed by atoms with E-state index in [1.54, 1.807) is 68.5 Å². The Morgan fingerprint density at radius 1 is 1.09 bits per heavy atom. The van der Waals surface area contributed by atoms with E-state index in [4.69, 9.17) is 25.7 Å². The third-order valence-corrected chi connectivity index (χ3v) is 8.46. The lowest BCUT2D eigenvalue weighted by Gasteiger charge is -2.25. The van der Waals surface area contributed by atoms with Crippen molar-refractivity contribution < 1.29 is 18.9 Å². The highest BCUT2D eigenvalue weighted by Gasteiger charge is 2.35. The number of rotatable bonds is 7. The lowest BCUT2D eigenvalue weighted by Crippen LogP contribution is -2.39. The molecule has 44 heavy (non-hydrogen) atoms. The predicted molar refractivity (Wildman–Crippen MR) is 168 cm³/mol. The first-order valence-corrected chi connectivity index (χ1v) is 14.8. The molecule has 220 valence electrons. The van der Waals surface area contributed by atoms with Crippen molar-refractivity contribution in [2.45, 2.75) is 19.9 Å². The third-order valence-electron chi connectivity index (χ3n) is 7.23. The van der Waals surface area contributed by atoms with Gasteiger partial charge < -0.3 is 9.15 Å². The molecule has 6 rings (SSSR count). The zero-order chi connectivity index (χ0) is 31.0. The number of halogens is 1. The summed E-state index contributed by atoms with van der Waals surface area (Å²) in [5, 5.41) is 11.9. The number of fused-ring (bicyclic) bond motifs is 1. The van der Waals surface area contributed by atoms with Crippen LogP contribution in [0.1, 0.15) is 35.4 Å². The normalized spacial score (nSPS) is 14.7. The van der Waals surface area contributed by atoms with Gasteiger partial charge in [-0.3, -0.25) is 19.5 Å². The van der Waals surface area contributed by atoms with Gasteiger partial charge in [-0.2, -0.15) is 0 Å². The summed E-state index contributed by atoms with van der Waals surface area (Å²) in [4.78, 5) is 43.8. The van der Waals surface area contributed by atoms with Crippen molar-refractivity contribution in [3.05, 3.63) is 148 Å². The van der Waals surface area contributed by atoms with E-state index in [-0.39, 0.29) is 23.4 Å². The van der Waals surface area contributed by atoms with Gasteiger partial charge in [0.05, 0.1) is 33.4 Å². The number of nitro benzene ring substituents is 1. The Morgan fingerprint density at radius 2 is 1.84 bits per heavy atom. The van der Waals surface area contributed by atoms with Crippen molar-refractivity contribution in [3.8, 4) is 11.3 Å². The molecule has 0 saturated heterocycles. The standard InChI is InChI=1S/C33H24ClN3O6S/c1-3-42-32(39)28-29(20-8-5-4-6-9-20)35-33-36(30(28)21-12-14-22(34)15-13-21)31(38)27(44-33)18-23-16-17-26(43-23)24-10-7-11-25(19(24)2)37(40)41/h4-18,30H,3H2,1-2H3/b27-18+/t30-/m1/s1. The Bertz CT molecular complexity index is 2130. The fourth-order valence-electron chi connectivity index (χ4n) is 5.19. The molecule has 1 atom stereocenters. The summed E-state index contributed by atoms with van der Waals surface area (Å²) in [5.41, 5.74) is 2.69. The van der Waals surface area contributed by atoms with Crippen LogP contribution in [0.25, 0.3) is 23.1 Å². The maximum absolute atomic E-state index is 14.1. The van der Waals surface area contributed by atoms with Gasteiger partial charge in [0.25, 0.3) is 11.2 Å². The molecule has 0 bridgehead atoms. The average molecular weight is 626 g/mol. The minimum atomic E-state index is -0.834. The number of furan rings is 1. The molecule has 3 aromatic carbocycles. The fraction of sp³-hybridized carbons (Fsp3) is 0.121. The predicted octanol–water partition coefficient (Wildman–Crippen LogP) is 6.07. The van der Waals surface area contributed by atoms with E-state index >= 15 is 0 Å². The summed E-state index contributed by atoms with van der Waals surface area (Å²) in [7, 11) is 0. The van der Waals surface area contributed by atoms with Crippen LogP contribution in [0, 0.1) is 17.0 Å². The molecule has 11 heteroatoms. The lowest BCUT2D eigenvalue weighted by atomic mass is 9.93. The molecule has 1 aliphatic heterocycles. The molecule has 0 spiro atoms. The van der Waals surface area contributed by atoms with Gasteiger partial charge in [0, 0.05) is 33.9 Å². The van der Waals surface area contributed by atoms with E-state index in [9.17, 15) is 19.7 Å². The summed E-state index contributed by atoms with van der Waals surface area (Å²) in [6, 6.07) is 23.6. The van der Waals surface area contributed by atoms with Gasteiger partial charge >= 0.3 is 5.97 Å². The van der Waals surface area contributed by atoms with E-state index in [1.807, 2.05) is 30.3 Å². The highest BCUT2D eigenvalue weighted by Crippen LogP contribution is 2.36. The van der Waals surface area contributed by atoms with E-state index in [0.29, 0.717) is 53.8 Å². The van der Waals surface area contributed by atoms with E-state index in [0.717, 1.165) is 0 Å². The van der Waals surface area contributed by atoms with E-state index < -0.39 is 16.9 Å². The van der Waals surface area contributed by atoms with Crippen LogP contribution >= 0.6 is 22.9 Å². The second-order valence-electron chi connectivity index (χ2n) is 9.89. The van der Waals surface area contributed by atoms with Gasteiger partial charge in [-0.1, -0.05) is 77.5 Å². The van der Waals surface area contributed by atoms with Crippen molar-refractivity contribution >= 4 is 46.4 Å². The molecule has 5 aromatic rings. The summed E-state index contributed by atoms with van der Waals surface area (Å²) in [5.74, 6) is 0.236. The van der Waals surface area contributed by atoms with Crippen LogP contribution in [0.2, 0.25) is 5.02 Å². The fourth-order valence-corrected chi connectivity index (χ4v) is 6.30. The molecule has 2 aromatic heterocycles. The second kappa shape index (κ2) is 11.9. The first-order valence-electron chi connectivity index (χ1n) is 13.6. The molecule has 9 nitrogen and oxygen atoms in total. The van der Waals surface area contributed by atoms with E-state index in [1.165, 1.54) is 22.0 Å². The Hall–Kier alpha value is -5.06. The summed E-state index contributed by atoms with van der Waals surface area (Å²) >= 11 is 7.36. The maximum Gasteiger partial charge on any atom is 0.338 e. The van der Waals surface area contributed by atoms with Crippen molar-refractivity contribution in [1.82, 2.24) is 4.57 Å². The summed E-state index contributed by atoms with van der Waals surface area (Å²) in [6.07, 6.45) is 1.61. The number of nitro groups is 1. The highest BCUT2D eigenvalue weighted by atomic mass is 35.5. The molecular formula is C33H24ClN3O6S. The largest absolute Gasteiger partial charge is 0.463 e. The van der Waals surface area contributed by atoms with Crippen LogP contribution < -0.4 is 14.9 Å². The van der Waals surface area contributed by atoms with Crippen LogP contribution in [0.4, 0.5) is 5.69 Å². The molecule has 0 amide bonds. The number of esters is 1. The number of nitrogens with zero attached hydrogens (tertiary/aromatic N) is 3. The van der Waals surface area contributed by atoms with Gasteiger partial charge in [0.1, 0.15) is 11.5 Å². The first-order chi connectivity index (χ1) is 21.3. The second-order valence-corrected chi connectivity index (χ2v) is 11.3. The van der Waals surface area contributed by atoms with Crippen molar-refractivity contribution in [3.63, 3.8) is 0 Å². The Labute approximate surface area is 259 Å². The minimum absolute atomic E-state index is 0.0115. The van der Waals surface area contributed by atoms with Gasteiger partial charge in [0.15, 0.2) is 4.80 Å². The zero-order valence-electron chi connectivity index (χ0n) is 23.5. The Morgan fingerprint density at radius 3 is 2.55 bits per heavy atom. The maximum atomic E-state index is 14.1. The van der Waals surface area contributed by atoms with Crippen LogP contribution in [0.3, 0.4) is 0 Å². The van der Waals surface area contributed by atoms with Crippen LogP contribution in [0.15, 0.2) is 105 Å². The molecule has 0 radical (unpaired) electrons. The third kappa shape index (κ3) is 5.29. The number of aromatic nitrogens is 1. The number of carbonyl (C=O) groups is 1. The van der Waals surface area contributed by atoms with E-state index in [2.05, 4.69) is 0 Å². The van der Waals surface area contributed by atoms with Crippen molar-refractivity contribution in [2.24, 2.45) is 4.99 Å². The van der Waals surface area contributed by atoms with Crippen molar-refractivity contribution in [2.75, 3.05) is 6.61 Å². The molecule has 0 fully saturated rings. The molecule has 1 aliphatic rings. The quantitative estimate of drug-likeness (QED) is 0.123. The number of ether oxygens (including phenoxy) is 1. The number of hydrogen-bond acceptors (Lipinski definition) is 8. The average Bonchev–Trinajstić information content (AvgIpc) is 3.61. The topological polar surface area (TPSA) is 117 Å². The monoisotopic (exact) mass is 625 g/mol.